The van der Waals surface area contributed by atoms with Gasteiger partial charge in [-0.3, -0.25) is 0 Å². The van der Waals surface area contributed by atoms with Crippen molar-refractivity contribution in [1.29, 1.82) is 0 Å². The third-order valence-corrected chi connectivity index (χ3v) is 4.51. The summed E-state index contributed by atoms with van der Waals surface area (Å²) < 4.78 is 30.5. The number of likely N-dealkylation sites (N-methyl/N-ethyl adjacent to an activating group) is 1. The lowest BCUT2D eigenvalue weighted by molar-refractivity contribution is 0.185. The Morgan fingerprint density at radius 2 is 1.95 bits per heavy atom. The molecule has 6 heteroatoms. The van der Waals surface area contributed by atoms with Crippen LogP contribution in [0.5, 0.6) is 0 Å². The Bertz CT molecular complexity index is 569. The number of benzene rings is 1. The minimum atomic E-state index is -3.49. The molecule has 5 nitrogen and oxygen atoms in total. The average molecular weight is 297 g/mol. The molecule has 0 bridgehead atoms. The molecule has 0 radical (unpaired) electrons. The van der Waals surface area contributed by atoms with E-state index in [9.17, 15) is 8.42 Å². The minimum absolute atomic E-state index is 0.0176. The molecule has 0 amide bonds. The largest absolute Gasteiger partial charge is 0.395 e. The van der Waals surface area contributed by atoms with Crippen molar-refractivity contribution in [2.45, 2.75) is 11.3 Å². The molecule has 1 aromatic rings. The summed E-state index contributed by atoms with van der Waals surface area (Å²) in [5, 5.41) is 8.63. The van der Waals surface area contributed by atoms with Crippen LogP contribution in [0.3, 0.4) is 0 Å². The molecule has 1 aromatic carbocycles. The van der Waals surface area contributed by atoms with E-state index in [-0.39, 0.29) is 11.5 Å². The minimum Gasteiger partial charge on any atom is -0.395 e. The van der Waals surface area contributed by atoms with Crippen LogP contribution in [-0.2, 0) is 14.8 Å². The number of ether oxygens (including phenoxy) is 1. The zero-order chi connectivity index (χ0) is 15.0. The number of aliphatic hydroxyl groups is 1. The Hall–Kier alpha value is -1.39. The van der Waals surface area contributed by atoms with Crippen molar-refractivity contribution >= 4 is 10.0 Å². The average Bonchev–Trinajstić information content (AvgIpc) is 2.45. The zero-order valence-electron chi connectivity index (χ0n) is 11.7. The normalized spacial score (nSPS) is 11.2. The highest BCUT2D eigenvalue weighted by Gasteiger charge is 2.19. The molecule has 0 saturated carbocycles. The first-order valence-corrected chi connectivity index (χ1v) is 7.61. The molecule has 0 unspecified atom stereocenters. The third kappa shape index (κ3) is 4.62. The molecule has 0 atom stereocenters. The topological polar surface area (TPSA) is 66.8 Å². The molecule has 0 saturated heterocycles. The van der Waals surface area contributed by atoms with Crippen molar-refractivity contribution < 1.29 is 18.3 Å². The Labute approximate surface area is 120 Å². The molecule has 1 N–H and O–H groups in total. The van der Waals surface area contributed by atoms with Crippen LogP contribution in [0.1, 0.15) is 12.0 Å². The molecule has 0 aliphatic carbocycles. The maximum Gasteiger partial charge on any atom is 0.242 e. The van der Waals surface area contributed by atoms with Gasteiger partial charge < -0.3 is 9.84 Å². The summed E-state index contributed by atoms with van der Waals surface area (Å²) in [5.74, 6) is 5.63. The number of methoxy groups -OCH3 is 1. The van der Waals surface area contributed by atoms with Crippen molar-refractivity contribution in [1.82, 2.24) is 4.31 Å². The van der Waals surface area contributed by atoms with Gasteiger partial charge >= 0.3 is 0 Å². The molecule has 0 aliphatic rings. The van der Waals surface area contributed by atoms with Gasteiger partial charge in [0.05, 0.1) is 18.1 Å². The van der Waals surface area contributed by atoms with E-state index in [0.29, 0.717) is 19.6 Å². The highest BCUT2D eigenvalue weighted by molar-refractivity contribution is 7.89. The molecular formula is C14H19NO4S. The van der Waals surface area contributed by atoms with Crippen LogP contribution >= 0.6 is 0 Å². The second-order valence-corrected chi connectivity index (χ2v) is 6.16. The van der Waals surface area contributed by atoms with Crippen molar-refractivity contribution in [3.8, 4) is 11.8 Å². The number of nitrogens with zero attached hydrogens (tertiary/aromatic N) is 1. The first kappa shape index (κ1) is 16.7. The quantitative estimate of drug-likeness (QED) is 0.785. The fourth-order valence-corrected chi connectivity index (χ4v) is 2.61. The molecule has 0 aromatic heterocycles. The van der Waals surface area contributed by atoms with Gasteiger partial charge in [-0.15, -0.1) is 0 Å². The van der Waals surface area contributed by atoms with Gasteiger partial charge in [-0.2, -0.15) is 4.31 Å². The summed E-state index contributed by atoms with van der Waals surface area (Å²) in [6, 6.07) is 6.37. The predicted octanol–water partition coefficient (Wildman–Crippen LogP) is 0.687. The molecular weight excluding hydrogens is 278 g/mol. The van der Waals surface area contributed by atoms with Gasteiger partial charge in [-0.1, -0.05) is 11.8 Å². The fourth-order valence-electron chi connectivity index (χ4n) is 1.45. The number of sulfonamides is 1. The number of rotatable bonds is 6. The standard InChI is InChI=1S/C14H19NO4S/c1-15(10-12-19-2)20(17,18)14-8-6-13(7-9-14)5-3-4-11-16/h6-9,16H,4,10-12H2,1-2H3. The van der Waals surface area contributed by atoms with Crippen LogP contribution in [0.25, 0.3) is 0 Å². The zero-order valence-corrected chi connectivity index (χ0v) is 12.5. The maximum atomic E-state index is 12.2. The fraction of sp³-hybridized carbons (Fsp3) is 0.429. The Balaban J connectivity index is 2.85. The summed E-state index contributed by atoms with van der Waals surface area (Å²) >= 11 is 0. The van der Waals surface area contributed by atoms with Gasteiger partial charge in [-0.25, -0.2) is 8.42 Å². The summed E-state index contributed by atoms with van der Waals surface area (Å²) in [6.07, 6.45) is 0.403. The van der Waals surface area contributed by atoms with Gasteiger partial charge in [0.25, 0.3) is 0 Å². The Morgan fingerprint density at radius 3 is 2.50 bits per heavy atom. The second-order valence-electron chi connectivity index (χ2n) is 4.12. The molecule has 0 heterocycles. The maximum absolute atomic E-state index is 12.2. The molecule has 0 fully saturated rings. The second kappa shape index (κ2) is 8.02. The van der Waals surface area contributed by atoms with Crippen molar-refractivity contribution in [3.63, 3.8) is 0 Å². The smallest absolute Gasteiger partial charge is 0.242 e. The first-order valence-electron chi connectivity index (χ1n) is 6.17. The van der Waals surface area contributed by atoms with Gasteiger partial charge in [0.1, 0.15) is 0 Å². The molecule has 20 heavy (non-hydrogen) atoms. The van der Waals surface area contributed by atoms with Gasteiger partial charge in [0.2, 0.25) is 10.0 Å². The van der Waals surface area contributed by atoms with Crippen LogP contribution in [0, 0.1) is 11.8 Å². The van der Waals surface area contributed by atoms with Crippen molar-refractivity contribution in [2.75, 3.05) is 33.9 Å². The lowest BCUT2D eigenvalue weighted by atomic mass is 10.2. The summed E-state index contributed by atoms with van der Waals surface area (Å²) in [4.78, 5) is 0.226. The third-order valence-electron chi connectivity index (χ3n) is 2.64. The van der Waals surface area contributed by atoms with E-state index in [1.54, 1.807) is 12.1 Å². The highest BCUT2D eigenvalue weighted by atomic mass is 32.2. The Morgan fingerprint density at radius 1 is 1.30 bits per heavy atom. The van der Waals surface area contributed by atoms with Gasteiger partial charge in [0, 0.05) is 32.7 Å². The number of hydrogen-bond acceptors (Lipinski definition) is 4. The first-order chi connectivity index (χ1) is 9.52. The summed E-state index contributed by atoms with van der Waals surface area (Å²) in [6.45, 7) is 0.668. The molecule has 110 valence electrons. The van der Waals surface area contributed by atoms with Gasteiger partial charge in [0.15, 0.2) is 0 Å². The molecule has 1 rings (SSSR count). The summed E-state index contributed by atoms with van der Waals surface area (Å²) in [5.41, 5.74) is 0.719. The van der Waals surface area contributed by atoms with Crippen LogP contribution in [0.4, 0.5) is 0 Å². The number of hydrogen-bond donors (Lipinski definition) is 1. The molecule has 0 aliphatic heterocycles. The monoisotopic (exact) mass is 297 g/mol. The molecule has 0 spiro atoms. The Kier molecular flexibility index (Phi) is 6.68. The lowest BCUT2D eigenvalue weighted by Crippen LogP contribution is -2.30. The van der Waals surface area contributed by atoms with E-state index >= 15 is 0 Å². The van der Waals surface area contributed by atoms with Crippen molar-refractivity contribution in [3.05, 3.63) is 29.8 Å². The van der Waals surface area contributed by atoms with E-state index in [1.165, 1.54) is 30.6 Å². The van der Waals surface area contributed by atoms with Crippen LogP contribution in [-0.4, -0.2) is 51.7 Å². The van der Waals surface area contributed by atoms with Crippen LogP contribution in [0.2, 0.25) is 0 Å². The highest BCUT2D eigenvalue weighted by Crippen LogP contribution is 2.14. The van der Waals surface area contributed by atoms with Crippen LogP contribution in [0.15, 0.2) is 29.2 Å². The SMILES string of the molecule is COCCN(C)S(=O)(=O)c1ccc(C#CCCO)cc1. The van der Waals surface area contributed by atoms with E-state index in [0.717, 1.165) is 5.56 Å². The predicted molar refractivity (Wildman–Crippen MR) is 76.7 cm³/mol. The summed E-state index contributed by atoms with van der Waals surface area (Å²) in [7, 11) is -0.443. The van der Waals surface area contributed by atoms with E-state index < -0.39 is 10.0 Å². The lowest BCUT2D eigenvalue weighted by Gasteiger charge is -2.16. The van der Waals surface area contributed by atoms with E-state index in [1.807, 2.05) is 0 Å². The van der Waals surface area contributed by atoms with Gasteiger partial charge in [-0.05, 0) is 24.3 Å². The van der Waals surface area contributed by atoms with E-state index in [4.69, 9.17) is 9.84 Å². The van der Waals surface area contributed by atoms with E-state index in [2.05, 4.69) is 11.8 Å². The van der Waals surface area contributed by atoms with Crippen LogP contribution < -0.4 is 0 Å². The van der Waals surface area contributed by atoms with Crippen molar-refractivity contribution in [2.24, 2.45) is 0 Å². The number of aliphatic hydroxyl groups excluding tert-OH is 1.